The number of halogens is 2. The van der Waals surface area contributed by atoms with Gasteiger partial charge in [-0.15, -0.1) is 0 Å². The summed E-state index contributed by atoms with van der Waals surface area (Å²) in [7, 11) is 0. The zero-order valence-electron chi connectivity index (χ0n) is 13.7. The van der Waals surface area contributed by atoms with Crippen LogP contribution >= 0.6 is 23.5 Å². The van der Waals surface area contributed by atoms with Gasteiger partial charge in [0.2, 0.25) is 5.91 Å². The van der Waals surface area contributed by atoms with Crippen LogP contribution in [0.3, 0.4) is 0 Å². The van der Waals surface area contributed by atoms with E-state index in [9.17, 15) is 18.4 Å². The van der Waals surface area contributed by atoms with Gasteiger partial charge in [-0.05, 0) is 24.3 Å². The molecule has 10 heteroatoms. The number of benzene rings is 1. The monoisotopic (exact) mass is 401 g/mol. The molecule has 0 spiro atoms. The highest BCUT2D eigenvalue weighted by Crippen LogP contribution is 2.29. The van der Waals surface area contributed by atoms with Gasteiger partial charge in [-0.1, -0.05) is 23.5 Å². The Morgan fingerprint density at radius 3 is 2.69 bits per heavy atom. The molecule has 0 aliphatic carbocycles. The first kappa shape index (κ1) is 19.1. The highest BCUT2D eigenvalue weighted by molar-refractivity contribution is 8.15. The van der Waals surface area contributed by atoms with E-state index in [4.69, 9.17) is 4.74 Å². The molecule has 1 N–H and O–H groups in total. The summed E-state index contributed by atoms with van der Waals surface area (Å²) in [6.45, 7) is 2.56. The van der Waals surface area contributed by atoms with E-state index in [0.29, 0.717) is 53.8 Å². The summed E-state index contributed by atoms with van der Waals surface area (Å²) in [4.78, 5) is 30.7. The lowest BCUT2D eigenvalue weighted by molar-refractivity contribution is -0.121. The first-order valence-electron chi connectivity index (χ1n) is 7.98. The van der Waals surface area contributed by atoms with Crippen molar-refractivity contribution >= 4 is 46.2 Å². The molecule has 1 atom stereocenters. The molecule has 2 aliphatic heterocycles. The van der Waals surface area contributed by atoms with Gasteiger partial charge in [0.1, 0.15) is 5.25 Å². The van der Waals surface area contributed by atoms with Crippen LogP contribution in [0.4, 0.5) is 14.5 Å². The number of amides is 2. The summed E-state index contributed by atoms with van der Waals surface area (Å²) >= 11 is 1.74. The summed E-state index contributed by atoms with van der Waals surface area (Å²) in [6.07, 6.45) is 0.00831. The van der Waals surface area contributed by atoms with E-state index in [1.807, 2.05) is 4.90 Å². The van der Waals surface area contributed by atoms with Gasteiger partial charge in [0, 0.05) is 30.1 Å². The number of carbonyl (C=O) groups is 2. The maximum Gasteiger partial charge on any atom is 0.288 e. The number of amidine groups is 1. The number of nitrogens with one attached hydrogen (secondary N) is 1. The van der Waals surface area contributed by atoms with Crippen LogP contribution in [0, 0.1) is 0 Å². The molecule has 2 aliphatic rings. The van der Waals surface area contributed by atoms with Crippen LogP contribution in [0.5, 0.6) is 0 Å². The average molecular weight is 401 g/mol. The zero-order chi connectivity index (χ0) is 18.5. The molecule has 2 amide bonds. The normalized spacial score (nSPS) is 20.4. The smallest absolute Gasteiger partial charge is 0.288 e. The molecule has 0 radical (unpaired) electrons. The lowest BCUT2D eigenvalue weighted by Crippen LogP contribution is -2.39. The van der Waals surface area contributed by atoms with Gasteiger partial charge in [-0.3, -0.25) is 9.59 Å². The zero-order valence-corrected chi connectivity index (χ0v) is 15.3. The number of hydrogen-bond acceptors (Lipinski definition) is 6. The number of thioether (sulfide) groups is 2. The van der Waals surface area contributed by atoms with Gasteiger partial charge >= 0.3 is 0 Å². The molecule has 0 aromatic heterocycles. The second-order valence-corrected chi connectivity index (χ2v) is 7.83. The molecule has 26 heavy (non-hydrogen) atoms. The average Bonchev–Trinajstić information content (AvgIpc) is 2.97. The van der Waals surface area contributed by atoms with Crippen molar-refractivity contribution in [3.63, 3.8) is 0 Å². The van der Waals surface area contributed by atoms with Crippen molar-refractivity contribution in [2.45, 2.75) is 22.3 Å². The predicted molar refractivity (Wildman–Crippen MR) is 97.8 cm³/mol. The van der Waals surface area contributed by atoms with Crippen LogP contribution < -0.4 is 5.32 Å². The molecule has 1 aromatic carbocycles. The molecule has 3 rings (SSSR count). The molecular formula is C16H17F2N3O3S2. The summed E-state index contributed by atoms with van der Waals surface area (Å²) < 4.78 is 29.9. The van der Waals surface area contributed by atoms with E-state index in [1.54, 1.807) is 12.1 Å². The standard InChI is InChI=1S/C16H17F2N3O3S2/c17-15(18)25-11-3-1-10(2-4-11)19-13(22)9-12-14(23)20-16(26-12)21-5-7-24-8-6-21/h1-4,12,15H,5-9H2,(H,19,22)/t12-/m0/s1. The number of hydrogen-bond donors (Lipinski definition) is 1. The topological polar surface area (TPSA) is 71.0 Å². The van der Waals surface area contributed by atoms with Gasteiger partial charge in [-0.2, -0.15) is 13.8 Å². The number of carbonyl (C=O) groups excluding carboxylic acids is 2. The summed E-state index contributed by atoms with van der Waals surface area (Å²) in [6, 6.07) is 6.15. The van der Waals surface area contributed by atoms with Gasteiger partial charge in [0.05, 0.1) is 13.2 Å². The van der Waals surface area contributed by atoms with Crippen LogP contribution in [0.25, 0.3) is 0 Å². The van der Waals surface area contributed by atoms with Crippen LogP contribution in [0.1, 0.15) is 6.42 Å². The molecule has 0 unspecified atom stereocenters. The fourth-order valence-electron chi connectivity index (χ4n) is 2.50. The van der Waals surface area contributed by atoms with Crippen LogP contribution in [0.2, 0.25) is 0 Å². The van der Waals surface area contributed by atoms with E-state index in [2.05, 4.69) is 10.3 Å². The maximum atomic E-state index is 12.3. The number of nitrogens with zero attached hydrogens (tertiary/aromatic N) is 2. The van der Waals surface area contributed by atoms with Gasteiger partial charge in [-0.25, -0.2) is 0 Å². The molecule has 1 fully saturated rings. The second-order valence-electron chi connectivity index (χ2n) is 5.59. The Bertz CT molecular complexity index is 694. The molecule has 1 saturated heterocycles. The maximum absolute atomic E-state index is 12.3. The third kappa shape index (κ3) is 5.18. The molecule has 1 aromatic rings. The quantitative estimate of drug-likeness (QED) is 0.765. The van der Waals surface area contributed by atoms with Crippen LogP contribution in [0.15, 0.2) is 34.2 Å². The van der Waals surface area contributed by atoms with Gasteiger partial charge in [0.15, 0.2) is 5.17 Å². The fourth-order valence-corrected chi connectivity index (χ4v) is 4.12. The van der Waals surface area contributed by atoms with Crippen molar-refractivity contribution in [1.29, 1.82) is 0 Å². The third-order valence-electron chi connectivity index (χ3n) is 3.74. The Labute approximate surface area is 157 Å². The molecule has 6 nitrogen and oxygen atoms in total. The Kier molecular flexibility index (Phi) is 6.49. The Morgan fingerprint density at radius 2 is 2.04 bits per heavy atom. The highest BCUT2D eigenvalue weighted by Gasteiger charge is 2.33. The van der Waals surface area contributed by atoms with E-state index in [-0.39, 0.29) is 18.2 Å². The van der Waals surface area contributed by atoms with Gasteiger partial charge < -0.3 is 15.0 Å². The van der Waals surface area contributed by atoms with Crippen molar-refractivity contribution in [1.82, 2.24) is 4.90 Å². The molecule has 140 valence electrons. The van der Waals surface area contributed by atoms with Crippen molar-refractivity contribution in [2.75, 3.05) is 31.6 Å². The first-order valence-corrected chi connectivity index (χ1v) is 9.74. The minimum atomic E-state index is -2.48. The second kappa shape index (κ2) is 8.83. The summed E-state index contributed by atoms with van der Waals surface area (Å²) in [5.74, 6) is -3.11. The number of aliphatic imine (C=N–C) groups is 1. The van der Waals surface area contributed by atoms with E-state index in [1.165, 1.54) is 23.9 Å². The third-order valence-corrected chi connectivity index (χ3v) is 5.68. The summed E-state index contributed by atoms with van der Waals surface area (Å²) in [5.41, 5.74) is 0.499. The lowest BCUT2D eigenvalue weighted by Gasteiger charge is -2.27. The number of morpholine rings is 1. The first-order chi connectivity index (χ1) is 12.5. The number of ether oxygens (including phenoxy) is 1. The number of rotatable bonds is 5. The van der Waals surface area contributed by atoms with Crippen molar-refractivity contribution in [2.24, 2.45) is 4.99 Å². The molecular weight excluding hydrogens is 384 g/mol. The highest BCUT2D eigenvalue weighted by atomic mass is 32.2. The molecule has 0 bridgehead atoms. The van der Waals surface area contributed by atoms with Crippen LogP contribution in [-0.4, -0.2) is 59.2 Å². The summed E-state index contributed by atoms with van der Waals surface area (Å²) in [5, 5.41) is 2.78. The Hall–Kier alpha value is -1.65. The SMILES string of the molecule is O=C(C[C@@H]1SC(N2CCOCC2)=NC1=O)Nc1ccc(SC(F)F)cc1. The Balaban J connectivity index is 1.50. The van der Waals surface area contributed by atoms with Gasteiger partial charge in [0.25, 0.3) is 11.7 Å². The van der Waals surface area contributed by atoms with E-state index >= 15 is 0 Å². The Morgan fingerprint density at radius 1 is 1.35 bits per heavy atom. The lowest BCUT2D eigenvalue weighted by atomic mass is 10.2. The fraction of sp³-hybridized carbons (Fsp3) is 0.438. The number of anilines is 1. The van der Waals surface area contributed by atoms with E-state index < -0.39 is 11.0 Å². The minimum absolute atomic E-state index is 0.00831. The van der Waals surface area contributed by atoms with Crippen molar-refractivity contribution in [3.05, 3.63) is 24.3 Å². The molecule has 2 heterocycles. The molecule has 0 saturated carbocycles. The minimum Gasteiger partial charge on any atom is -0.378 e. The van der Waals surface area contributed by atoms with Crippen LogP contribution in [-0.2, 0) is 14.3 Å². The van der Waals surface area contributed by atoms with E-state index in [0.717, 1.165) is 0 Å². The van der Waals surface area contributed by atoms with Crippen molar-refractivity contribution < 1.29 is 23.1 Å². The number of alkyl halides is 2. The predicted octanol–water partition coefficient (Wildman–Crippen LogP) is 2.66. The largest absolute Gasteiger partial charge is 0.378 e. The van der Waals surface area contributed by atoms with Crippen molar-refractivity contribution in [3.8, 4) is 0 Å².